The van der Waals surface area contributed by atoms with Crippen LogP contribution in [-0.2, 0) is 11.2 Å². The maximum absolute atomic E-state index is 11.5. The average Bonchev–Trinajstić information content (AvgIpc) is 2.82. The molecule has 4 rings (SSSR count). The third kappa shape index (κ3) is 6.12. The lowest BCUT2D eigenvalue weighted by Crippen LogP contribution is -2.33. The number of aliphatic hydroxyl groups is 2. The van der Waals surface area contributed by atoms with E-state index in [1.165, 1.54) is 0 Å². The molecule has 0 saturated carbocycles. The molecule has 2 heterocycles. The maximum Gasteiger partial charge on any atom is 0.240 e. The van der Waals surface area contributed by atoms with Crippen molar-refractivity contribution >= 4 is 23.2 Å². The smallest absolute Gasteiger partial charge is 0.240 e. The van der Waals surface area contributed by atoms with Crippen molar-refractivity contribution in [1.29, 1.82) is 0 Å². The van der Waals surface area contributed by atoms with Gasteiger partial charge in [-0.15, -0.1) is 0 Å². The van der Waals surface area contributed by atoms with Crippen molar-refractivity contribution in [2.45, 2.75) is 32.3 Å². The zero-order valence-electron chi connectivity index (χ0n) is 19.2. The molecule has 4 N–H and O–H groups in total. The number of aliphatic imine (C=N–C) groups is 1. The van der Waals surface area contributed by atoms with Gasteiger partial charge in [-0.05, 0) is 30.7 Å². The second-order valence-electron chi connectivity index (χ2n) is 8.46. The number of carbonyl (C=O) groups excluding carboxylic acids is 1. The van der Waals surface area contributed by atoms with E-state index in [2.05, 4.69) is 20.8 Å². The van der Waals surface area contributed by atoms with Crippen LogP contribution in [0.15, 0.2) is 52.6 Å². The van der Waals surface area contributed by atoms with Crippen LogP contribution in [0.25, 0.3) is 0 Å². The molecular formula is C25H30N4O5. The van der Waals surface area contributed by atoms with Crippen LogP contribution in [-0.4, -0.2) is 60.1 Å². The molecule has 2 atom stereocenters. The summed E-state index contributed by atoms with van der Waals surface area (Å²) in [6, 6.07) is 13.2. The minimum absolute atomic E-state index is 0.0515. The average molecular weight is 467 g/mol. The quantitative estimate of drug-likeness (QED) is 0.399. The van der Waals surface area contributed by atoms with Crippen molar-refractivity contribution < 1.29 is 24.5 Å². The topological polar surface area (TPSA) is 125 Å². The minimum atomic E-state index is -0.680. The van der Waals surface area contributed by atoms with Gasteiger partial charge in [0, 0.05) is 43.0 Å². The van der Waals surface area contributed by atoms with Crippen molar-refractivity contribution in [2.75, 3.05) is 26.3 Å². The molecule has 0 bridgehead atoms. The Kier molecular flexibility index (Phi) is 7.76. The number of amides is 1. The van der Waals surface area contributed by atoms with Crippen LogP contribution in [0, 0.1) is 5.92 Å². The summed E-state index contributed by atoms with van der Waals surface area (Å²) in [7, 11) is 0. The zero-order valence-corrected chi connectivity index (χ0v) is 19.2. The van der Waals surface area contributed by atoms with Gasteiger partial charge in [0.05, 0.1) is 11.4 Å². The molecule has 2 unspecified atom stereocenters. The molecule has 9 nitrogen and oxygen atoms in total. The Morgan fingerprint density at radius 3 is 2.91 bits per heavy atom. The van der Waals surface area contributed by atoms with Gasteiger partial charge in [0.1, 0.15) is 30.8 Å². The highest BCUT2D eigenvalue weighted by molar-refractivity contribution is 6.05. The van der Waals surface area contributed by atoms with E-state index in [1.54, 1.807) is 0 Å². The lowest BCUT2D eigenvalue weighted by Gasteiger charge is -2.19. The molecule has 2 aliphatic heterocycles. The monoisotopic (exact) mass is 466 g/mol. The summed E-state index contributed by atoms with van der Waals surface area (Å²) in [5.41, 5.74) is 5.97. The van der Waals surface area contributed by atoms with E-state index >= 15 is 0 Å². The first kappa shape index (κ1) is 23.7. The van der Waals surface area contributed by atoms with Crippen LogP contribution in [0.4, 0.5) is 5.69 Å². The van der Waals surface area contributed by atoms with Crippen molar-refractivity contribution in [3.05, 3.63) is 53.6 Å². The van der Waals surface area contributed by atoms with Gasteiger partial charge in [-0.2, -0.15) is 5.10 Å². The lowest BCUT2D eigenvalue weighted by atomic mass is 9.94. The first-order chi connectivity index (χ1) is 16.5. The molecule has 1 amide bonds. The van der Waals surface area contributed by atoms with Crippen molar-refractivity contribution in [3.8, 4) is 11.5 Å². The van der Waals surface area contributed by atoms with E-state index in [-0.39, 0.29) is 24.3 Å². The molecule has 2 aromatic carbocycles. The molecule has 34 heavy (non-hydrogen) atoms. The SMILES string of the molecule is CC1CC(=O)NN=C1c1cccc(OCCNCC(O)COc2cccc3c2CCC(O)=N3)c1. The summed E-state index contributed by atoms with van der Waals surface area (Å²) in [6.45, 7) is 3.49. The number of aliphatic hydroxyl groups excluding tert-OH is 2. The number of rotatable bonds is 10. The van der Waals surface area contributed by atoms with Crippen LogP contribution in [0.2, 0.25) is 0 Å². The molecule has 9 heteroatoms. The second kappa shape index (κ2) is 11.1. The fourth-order valence-electron chi connectivity index (χ4n) is 3.98. The molecule has 0 aromatic heterocycles. The summed E-state index contributed by atoms with van der Waals surface area (Å²) >= 11 is 0. The highest BCUT2D eigenvalue weighted by atomic mass is 16.5. The number of nitrogens with one attached hydrogen (secondary N) is 2. The van der Waals surface area contributed by atoms with Gasteiger partial charge in [-0.25, -0.2) is 10.4 Å². The first-order valence-electron chi connectivity index (χ1n) is 11.5. The number of benzene rings is 2. The third-order valence-corrected chi connectivity index (χ3v) is 5.70. The number of fused-ring (bicyclic) bond motifs is 1. The Bertz CT molecular complexity index is 1080. The molecule has 2 aliphatic rings. The van der Waals surface area contributed by atoms with Gasteiger partial charge in [-0.1, -0.05) is 25.1 Å². The zero-order chi connectivity index (χ0) is 23.9. The van der Waals surface area contributed by atoms with Crippen molar-refractivity contribution in [2.24, 2.45) is 16.0 Å². The number of hydrazone groups is 1. The predicted octanol–water partition coefficient (Wildman–Crippen LogP) is 2.49. The van der Waals surface area contributed by atoms with E-state index in [0.717, 1.165) is 22.6 Å². The molecule has 0 radical (unpaired) electrons. The van der Waals surface area contributed by atoms with Gasteiger partial charge in [0.15, 0.2) is 5.90 Å². The number of carbonyl (C=O) groups is 1. The van der Waals surface area contributed by atoms with E-state index < -0.39 is 6.10 Å². The summed E-state index contributed by atoms with van der Waals surface area (Å²) in [4.78, 5) is 15.6. The normalized spacial score (nSPS) is 18.3. The Hall–Kier alpha value is -3.43. The predicted molar refractivity (Wildman–Crippen MR) is 129 cm³/mol. The Morgan fingerprint density at radius 1 is 1.21 bits per heavy atom. The highest BCUT2D eigenvalue weighted by Gasteiger charge is 2.22. The first-order valence-corrected chi connectivity index (χ1v) is 11.5. The van der Waals surface area contributed by atoms with Crippen LogP contribution in [0.3, 0.4) is 0 Å². The number of hydrogen-bond acceptors (Lipinski definition) is 7. The molecule has 2 aromatic rings. The summed E-state index contributed by atoms with van der Waals surface area (Å²) in [6.07, 6.45) is 0.892. The Labute approximate surface area is 198 Å². The third-order valence-electron chi connectivity index (χ3n) is 5.70. The van der Waals surface area contributed by atoms with Crippen LogP contribution >= 0.6 is 0 Å². The second-order valence-corrected chi connectivity index (χ2v) is 8.46. The fourth-order valence-corrected chi connectivity index (χ4v) is 3.98. The minimum Gasteiger partial charge on any atom is -0.496 e. The van der Waals surface area contributed by atoms with Crippen LogP contribution < -0.4 is 20.2 Å². The van der Waals surface area contributed by atoms with E-state index in [9.17, 15) is 15.0 Å². The van der Waals surface area contributed by atoms with Gasteiger partial charge in [0.2, 0.25) is 5.91 Å². The Balaban J connectivity index is 1.18. The standard InChI is InChI=1S/C25H30N4O5/c1-16-12-24(32)28-29-25(16)17-4-2-5-19(13-17)33-11-10-26-14-18(30)15-34-22-7-3-6-21-20(22)8-9-23(31)27-21/h2-7,13,16,18,26,30H,8-12,14-15H2,1H3,(H,27,31)(H,28,32). The summed E-state index contributed by atoms with van der Waals surface area (Å²) in [5, 5.41) is 27.2. The van der Waals surface area contributed by atoms with E-state index in [0.29, 0.717) is 50.4 Å². The van der Waals surface area contributed by atoms with Crippen LogP contribution in [0.5, 0.6) is 11.5 Å². The number of ether oxygens (including phenoxy) is 2. The van der Waals surface area contributed by atoms with Gasteiger partial charge in [0.25, 0.3) is 0 Å². The van der Waals surface area contributed by atoms with E-state index in [4.69, 9.17) is 9.47 Å². The van der Waals surface area contributed by atoms with Gasteiger partial charge < -0.3 is 25.0 Å². The molecule has 0 fully saturated rings. The largest absolute Gasteiger partial charge is 0.496 e. The molecule has 0 saturated heterocycles. The van der Waals surface area contributed by atoms with Crippen molar-refractivity contribution in [3.63, 3.8) is 0 Å². The van der Waals surface area contributed by atoms with Gasteiger partial charge in [-0.3, -0.25) is 4.79 Å². The highest BCUT2D eigenvalue weighted by Crippen LogP contribution is 2.33. The lowest BCUT2D eigenvalue weighted by molar-refractivity contribution is -0.121. The Morgan fingerprint density at radius 2 is 2.06 bits per heavy atom. The number of nitrogens with zero attached hydrogens (tertiary/aromatic N) is 2. The molecular weight excluding hydrogens is 436 g/mol. The maximum atomic E-state index is 11.5. The van der Waals surface area contributed by atoms with Crippen molar-refractivity contribution in [1.82, 2.24) is 10.7 Å². The van der Waals surface area contributed by atoms with Crippen LogP contribution in [0.1, 0.15) is 30.9 Å². The molecule has 0 aliphatic carbocycles. The summed E-state index contributed by atoms with van der Waals surface area (Å²) < 4.78 is 11.6. The molecule has 0 spiro atoms. The fraction of sp³-hybridized carbons (Fsp3) is 0.400. The van der Waals surface area contributed by atoms with E-state index in [1.807, 2.05) is 49.4 Å². The van der Waals surface area contributed by atoms with Gasteiger partial charge >= 0.3 is 0 Å². The summed E-state index contributed by atoms with van der Waals surface area (Å²) in [5.74, 6) is 1.52. The number of hydrogen-bond donors (Lipinski definition) is 4. The molecule has 180 valence electrons.